The van der Waals surface area contributed by atoms with Crippen molar-refractivity contribution in [2.24, 2.45) is 0 Å². The molecule has 0 saturated heterocycles. The molecule has 0 spiro atoms. The second kappa shape index (κ2) is 6.68. The van der Waals surface area contributed by atoms with Crippen molar-refractivity contribution in [2.75, 3.05) is 0 Å². The first-order chi connectivity index (χ1) is 11.4. The lowest BCUT2D eigenvalue weighted by Crippen LogP contribution is -2.23. The van der Waals surface area contributed by atoms with Gasteiger partial charge >= 0.3 is 0 Å². The normalized spacial score (nSPS) is 11.8. The Morgan fingerprint density at radius 1 is 1.25 bits per heavy atom. The molecule has 0 unspecified atom stereocenters. The molecule has 0 aliphatic heterocycles. The molecule has 0 saturated carbocycles. The fourth-order valence-corrected chi connectivity index (χ4v) is 3.12. The van der Waals surface area contributed by atoms with Crippen molar-refractivity contribution in [3.8, 4) is 0 Å². The molecule has 1 aromatic carbocycles. The van der Waals surface area contributed by atoms with Gasteiger partial charge in [0, 0.05) is 6.42 Å². The molecule has 3 rings (SSSR count). The van der Waals surface area contributed by atoms with Gasteiger partial charge in [0.1, 0.15) is 11.3 Å². The second-order valence-electron chi connectivity index (χ2n) is 6.78. The van der Waals surface area contributed by atoms with E-state index in [9.17, 15) is 4.79 Å². The monoisotopic (exact) mass is 343 g/mol. The van der Waals surface area contributed by atoms with Crippen LogP contribution in [0.2, 0.25) is 0 Å². The molecule has 126 valence electrons. The van der Waals surface area contributed by atoms with Gasteiger partial charge in [-0.25, -0.2) is 0 Å². The van der Waals surface area contributed by atoms with Gasteiger partial charge in [0.15, 0.2) is 0 Å². The molecular weight excluding hydrogens is 322 g/mol. The highest BCUT2D eigenvalue weighted by Gasteiger charge is 2.13. The predicted octanol–water partition coefficient (Wildman–Crippen LogP) is 2.73. The van der Waals surface area contributed by atoms with Crippen LogP contribution in [0.25, 0.3) is 4.96 Å². The second-order valence-corrected chi connectivity index (χ2v) is 7.82. The van der Waals surface area contributed by atoms with E-state index in [4.69, 9.17) is 0 Å². The number of nitrogens with zero attached hydrogens (tertiary/aromatic N) is 4. The van der Waals surface area contributed by atoms with Gasteiger partial charge in [-0.3, -0.25) is 4.79 Å². The molecule has 0 aliphatic rings. The summed E-state index contributed by atoms with van der Waals surface area (Å²) in [4.78, 5) is 12.7. The predicted molar refractivity (Wildman–Crippen MR) is 94.0 cm³/mol. The number of fused-ring (bicyclic) bond motifs is 1. The Morgan fingerprint density at radius 2 is 2.00 bits per heavy atom. The lowest BCUT2D eigenvalue weighted by molar-refractivity contribution is -0.121. The zero-order valence-electron chi connectivity index (χ0n) is 14.1. The highest BCUT2D eigenvalue weighted by molar-refractivity contribution is 7.16. The largest absolute Gasteiger partial charge is 0.350 e. The Kier molecular flexibility index (Phi) is 4.62. The van der Waals surface area contributed by atoms with Crippen LogP contribution in [0.1, 0.15) is 43.3 Å². The van der Waals surface area contributed by atoms with Gasteiger partial charge in [0.25, 0.3) is 0 Å². The number of carbonyl (C=O) groups is 1. The first kappa shape index (κ1) is 16.6. The molecule has 0 bridgehead atoms. The molecule has 7 heteroatoms. The van der Waals surface area contributed by atoms with Gasteiger partial charge < -0.3 is 5.32 Å². The molecule has 0 aliphatic carbocycles. The van der Waals surface area contributed by atoms with Crippen LogP contribution in [-0.4, -0.2) is 25.7 Å². The van der Waals surface area contributed by atoms with Crippen LogP contribution in [0.3, 0.4) is 0 Å². The van der Waals surface area contributed by atoms with Gasteiger partial charge in [-0.05, 0) is 23.0 Å². The van der Waals surface area contributed by atoms with Crippen molar-refractivity contribution in [3.05, 3.63) is 46.7 Å². The third-order valence-electron chi connectivity index (χ3n) is 3.83. The Bertz CT molecular complexity index is 800. The Balaban J connectivity index is 1.47. The van der Waals surface area contributed by atoms with Gasteiger partial charge in [0.2, 0.25) is 10.9 Å². The first-order valence-corrected chi connectivity index (χ1v) is 8.75. The maximum absolute atomic E-state index is 12.0. The van der Waals surface area contributed by atoms with E-state index < -0.39 is 0 Å². The lowest BCUT2D eigenvalue weighted by Gasteiger charge is -2.19. The van der Waals surface area contributed by atoms with E-state index in [0.717, 1.165) is 16.4 Å². The van der Waals surface area contributed by atoms with Crippen LogP contribution in [0.15, 0.2) is 30.6 Å². The highest BCUT2D eigenvalue weighted by atomic mass is 32.1. The summed E-state index contributed by atoms with van der Waals surface area (Å²) in [6, 6.07) is 8.51. The molecule has 0 radical (unpaired) electrons. The van der Waals surface area contributed by atoms with Gasteiger partial charge in [-0.2, -0.15) is 9.61 Å². The minimum atomic E-state index is 0.0286. The van der Waals surface area contributed by atoms with Crippen molar-refractivity contribution in [3.63, 3.8) is 0 Å². The summed E-state index contributed by atoms with van der Waals surface area (Å²) in [5, 5.41) is 15.7. The number of hydrogen-bond donors (Lipinski definition) is 1. The van der Waals surface area contributed by atoms with Crippen molar-refractivity contribution >= 4 is 22.2 Å². The first-order valence-electron chi connectivity index (χ1n) is 7.94. The summed E-state index contributed by atoms with van der Waals surface area (Å²) >= 11 is 1.43. The summed E-state index contributed by atoms with van der Waals surface area (Å²) in [6.07, 6.45) is 2.76. The number of aryl methyl sites for hydroxylation is 1. The van der Waals surface area contributed by atoms with Crippen molar-refractivity contribution in [2.45, 2.75) is 45.6 Å². The van der Waals surface area contributed by atoms with Crippen molar-refractivity contribution < 1.29 is 4.79 Å². The van der Waals surface area contributed by atoms with Crippen LogP contribution < -0.4 is 5.32 Å². The molecule has 0 atom stereocenters. The van der Waals surface area contributed by atoms with Gasteiger partial charge in [-0.1, -0.05) is 56.4 Å². The minimum Gasteiger partial charge on any atom is -0.350 e. The fourth-order valence-electron chi connectivity index (χ4n) is 2.36. The van der Waals surface area contributed by atoms with Crippen LogP contribution in [0, 0.1) is 0 Å². The summed E-state index contributed by atoms with van der Waals surface area (Å²) in [6.45, 7) is 7.01. The summed E-state index contributed by atoms with van der Waals surface area (Å²) < 4.78 is 1.61. The van der Waals surface area contributed by atoms with Gasteiger partial charge in [-0.15, -0.1) is 10.2 Å². The van der Waals surface area contributed by atoms with Crippen LogP contribution in [0.4, 0.5) is 0 Å². The zero-order valence-corrected chi connectivity index (χ0v) is 14.9. The average Bonchev–Trinajstić information content (AvgIpc) is 3.11. The van der Waals surface area contributed by atoms with E-state index >= 15 is 0 Å². The summed E-state index contributed by atoms with van der Waals surface area (Å²) in [7, 11) is 0. The van der Waals surface area contributed by atoms with Crippen LogP contribution in [0.5, 0.6) is 0 Å². The number of amides is 1. The molecule has 3 aromatic rings. The smallest absolute Gasteiger partial charge is 0.234 e. The maximum atomic E-state index is 12.0. The van der Waals surface area contributed by atoms with Crippen molar-refractivity contribution in [1.82, 2.24) is 25.1 Å². The number of aromatic nitrogens is 4. The third-order valence-corrected chi connectivity index (χ3v) is 4.74. The number of carbonyl (C=O) groups excluding carboxylic acids is 1. The lowest BCUT2D eigenvalue weighted by atomic mass is 9.86. The van der Waals surface area contributed by atoms with Crippen LogP contribution in [-0.2, 0) is 23.2 Å². The number of benzene rings is 1. The zero-order chi connectivity index (χ0) is 17.2. The SMILES string of the molecule is CC(C)(C)c1ccc(CCC(=O)NCc2nn3cnnc3s2)cc1. The van der Waals surface area contributed by atoms with E-state index in [1.54, 1.807) is 10.8 Å². The Morgan fingerprint density at radius 3 is 2.67 bits per heavy atom. The molecular formula is C17H21N5OS. The van der Waals surface area contributed by atoms with Gasteiger partial charge in [0.05, 0.1) is 6.54 Å². The number of nitrogens with one attached hydrogen (secondary N) is 1. The van der Waals surface area contributed by atoms with Crippen LogP contribution >= 0.6 is 11.3 Å². The average molecular weight is 343 g/mol. The van der Waals surface area contributed by atoms with E-state index in [2.05, 4.69) is 65.6 Å². The number of rotatable bonds is 5. The summed E-state index contributed by atoms with van der Waals surface area (Å²) in [5.74, 6) is 0.0286. The van der Waals surface area contributed by atoms with E-state index in [-0.39, 0.29) is 11.3 Å². The third kappa shape index (κ3) is 3.97. The molecule has 1 amide bonds. The fraction of sp³-hybridized carbons (Fsp3) is 0.412. The minimum absolute atomic E-state index is 0.0286. The Hall–Kier alpha value is -2.28. The molecule has 2 heterocycles. The highest BCUT2D eigenvalue weighted by Crippen LogP contribution is 2.22. The standard InChI is InChI=1S/C17H21N5OS/c1-17(2,3)13-7-4-12(5-8-13)6-9-14(23)18-10-15-21-22-11-19-20-16(22)24-15/h4-5,7-8,11H,6,9-10H2,1-3H3,(H,18,23). The van der Waals surface area contributed by atoms with E-state index in [1.807, 2.05) is 0 Å². The molecule has 6 nitrogen and oxygen atoms in total. The summed E-state index contributed by atoms with van der Waals surface area (Å²) in [5.41, 5.74) is 2.63. The molecule has 1 N–H and O–H groups in total. The topological polar surface area (TPSA) is 72.2 Å². The van der Waals surface area contributed by atoms with Crippen molar-refractivity contribution in [1.29, 1.82) is 0 Å². The number of hydrogen-bond acceptors (Lipinski definition) is 5. The molecule has 0 fully saturated rings. The van der Waals surface area contributed by atoms with E-state index in [1.165, 1.54) is 22.5 Å². The van der Waals surface area contributed by atoms with E-state index in [0.29, 0.717) is 13.0 Å². The molecule has 24 heavy (non-hydrogen) atoms. The quantitative estimate of drug-likeness (QED) is 0.773. The Labute approximate surface area is 144 Å². The maximum Gasteiger partial charge on any atom is 0.234 e. The molecule has 2 aromatic heterocycles.